The molecule has 2 aliphatic heterocycles. The van der Waals surface area contributed by atoms with E-state index in [-0.39, 0.29) is 23.0 Å². The first-order chi connectivity index (χ1) is 55.0. The summed E-state index contributed by atoms with van der Waals surface area (Å²) in [6.07, 6.45) is 0. The van der Waals surface area contributed by atoms with Gasteiger partial charge in [-0.3, -0.25) is 0 Å². The summed E-state index contributed by atoms with van der Waals surface area (Å²) in [6.45, 7) is 21.1. The van der Waals surface area contributed by atoms with Crippen LogP contribution in [0.1, 0.15) is 79.0 Å². The molecular formula is C108H87BN4. The third-order valence-electron chi connectivity index (χ3n) is 23.9. The van der Waals surface area contributed by atoms with Crippen molar-refractivity contribution in [2.24, 2.45) is 0 Å². The maximum atomic E-state index is 2.74. The molecule has 0 fully saturated rings. The summed E-state index contributed by atoms with van der Waals surface area (Å²) < 4.78 is 5.02. The van der Waals surface area contributed by atoms with Crippen LogP contribution in [0.15, 0.2) is 364 Å². The second-order valence-corrected chi connectivity index (χ2v) is 34.1. The lowest BCUT2D eigenvalue weighted by Gasteiger charge is -2.46. The number of fused-ring (bicyclic) bond motifs is 10. The molecule has 113 heavy (non-hydrogen) atoms. The largest absolute Gasteiger partial charge is 0.310 e. The van der Waals surface area contributed by atoms with Crippen LogP contribution in [0.2, 0.25) is 0 Å². The summed E-state index contributed by atoms with van der Waals surface area (Å²) in [4.78, 5) is 5.47. The number of benzene rings is 16. The van der Waals surface area contributed by atoms with E-state index < -0.39 is 0 Å². The molecule has 0 saturated heterocycles. The lowest BCUT2D eigenvalue weighted by atomic mass is 9.33. The SMILES string of the molecule is CC(C)(C)c1cc(-c2ccc3c(c2)N(c2c(-c4ccccc4)cc(-c4ccccc4)cc2-c2ccccc2)c2cc(C(C)(C)C)cc4c2B3c2ccc(-n3c5ccccc5c5cc6c7ccccc7n(-c7ccccc7)c6cc53)cc2N4c2c(-c3ccccc3)cc(-c3ccccc3)cc2-c2ccccc2)cc(C(C)(C)C)c1. The van der Waals surface area contributed by atoms with Crippen molar-refractivity contribution in [1.82, 2.24) is 9.13 Å². The van der Waals surface area contributed by atoms with Gasteiger partial charge in [-0.15, -0.1) is 0 Å². The van der Waals surface area contributed by atoms with Crippen LogP contribution in [0.25, 0.3) is 133 Å². The first-order valence-electron chi connectivity index (χ1n) is 39.9. The van der Waals surface area contributed by atoms with Gasteiger partial charge in [0.15, 0.2) is 0 Å². The molecule has 20 rings (SSSR count). The molecule has 0 spiro atoms. The van der Waals surface area contributed by atoms with Gasteiger partial charge in [0.2, 0.25) is 0 Å². The second-order valence-electron chi connectivity index (χ2n) is 34.1. The minimum Gasteiger partial charge on any atom is -0.310 e. The van der Waals surface area contributed by atoms with E-state index in [4.69, 9.17) is 0 Å². The van der Waals surface area contributed by atoms with E-state index in [1.54, 1.807) is 0 Å². The van der Waals surface area contributed by atoms with Gasteiger partial charge in [0.05, 0.1) is 33.4 Å². The lowest BCUT2D eigenvalue weighted by Crippen LogP contribution is -2.61. The average molecular weight is 1450 g/mol. The molecule has 0 saturated carbocycles. The number of rotatable bonds is 11. The van der Waals surface area contributed by atoms with Crippen molar-refractivity contribution in [3.05, 3.63) is 381 Å². The van der Waals surface area contributed by atoms with Gasteiger partial charge in [-0.1, -0.05) is 335 Å². The fourth-order valence-corrected chi connectivity index (χ4v) is 18.1. The van der Waals surface area contributed by atoms with E-state index in [1.165, 1.54) is 71.3 Å². The maximum absolute atomic E-state index is 2.74. The Morgan fingerprint density at radius 3 is 0.956 bits per heavy atom. The van der Waals surface area contributed by atoms with Gasteiger partial charge in [0.1, 0.15) is 0 Å². The Hall–Kier alpha value is -13.2. The van der Waals surface area contributed by atoms with E-state index in [9.17, 15) is 0 Å². The molecule has 0 radical (unpaired) electrons. The molecule has 0 amide bonds. The zero-order chi connectivity index (χ0) is 76.6. The summed E-state index contributed by atoms with van der Waals surface area (Å²) >= 11 is 0. The van der Waals surface area contributed by atoms with E-state index in [1.807, 2.05) is 0 Å². The minimum atomic E-state index is -0.362. The molecule has 0 unspecified atom stereocenters. The van der Waals surface area contributed by atoms with Crippen LogP contribution in [0, 0.1) is 0 Å². The molecule has 0 atom stereocenters. The number of nitrogens with zero attached hydrogens (tertiary/aromatic N) is 4. The number of hydrogen-bond donors (Lipinski definition) is 0. The third-order valence-corrected chi connectivity index (χ3v) is 23.9. The molecule has 16 aromatic carbocycles. The highest BCUT2D eigenvalue weighted by molar-refractivity contribution is 7.00. The van der Waals surface area contributed by atoms with Crippen LogP contribution in [0.4, 0.5) is 34.1 Å². The van der Waals surface area contributed by atoms with Crippen LogP contribution < -0.4 is 26.2 Å². The zero-order valence-electron chi connectivity index (χ0n) is 65.5. The summed E-state index contributed by atoms with van der Waals surface area (Å²) in [5.41, 5.74) is 36.6. The smallest absolute Gasteiger partial charge is 0.252 e. The zero-order valence-corrected chi connectivity index (χ0v) is 65.5. The normalized spacial score (nSPS) is 12.8. The molecule has 0 aliphatic carbocycles. The topological polar surface area (TPSA) is 16.3 Å². The van der Waals surface area contributed by atoms with Crippen molar-refractivity contribution in [3.63, 3.8) is 0 Å². The monoisotopic (exact) mass is 1450 g/mol. The summed E-state index contributed by atoms with van der Waals surface area (Å²) in [5, 5.41) is 4.87. The molecule has 4 nitrogen and oxygen atoms in total. The quantitative estimate of drug-likeness (QED) is 0.120. The molecule has 2 aromatic heterocycles. The van der Waals surface area contributed by atoms with E-state index >= 15 is 0 Å². The van der Waals surface area contributed by atoms with Gasteiger partial charge in [-0.2, -0.15) is 0 Å². The Kier molecular flexibility index (Phi) is 16.4. The molecule has 542 valence electrons. The van der Waals surface area contributed by atoms with Crippen LogP contribution in [-0.4, -0.2) is 15.8 Å². The van der Waals surface area contributed by atoms with Gasteiger partial charge in [0.25, 0.3) is 6.71 Å². The highest BCUT2D eigenvalue weighted by Gasteiger charge is 2.47. The van der Waals surface area contributed by atoms with Crippen molar-refractivity contribution in [2.75, 3.05) is 9.80 Å². The van der Waals surface area contributed by atoms with Crippen molar-refractivity contribution >= 4 is 101 Å². The first-order valence-corrected chi connectivity index (χ1v) is 39.9. The standard InChI is InChI=1S/C108H87BN4/c1-106(2,3)80-57-77(58-81(64-80)107(4,5)6)76-53-55-93-99(63-76)112(104-87(72-39-21-12-22-40-72)59-78(70-35-17-10-18-36-70)60-88(104)73-41-23-13-24-42-73)101-65-82(108(7,8)9)66-102-103(101)109(93)94-56-54-84(111-96-52-34-32-50-86(96)92-68-91-85-49-31-33-51-95(85)110(97(91)69-98(92)111)83-47-29-16-30-48-83)67-100(94)113(102)105-89(74-43-25-14-26-44-74)61-79(71-37-19-11-20-38-71)62-90(105)75-45-27-15-28-46-75/h10-69H,1-9H3. The number of aromatic nitrogens is 2. The van der Waals surface area contributed by atoms with Gasteiger partial charge < -0.3 is 18.9 Å². The number of anilines is 6. The fourth-order valence-electron chi connectivity index (χ4n) is 18.1. The highest BCUT2D eigenvalue weighted by atomic mass is 15.2. The van der Waals surface area contributed by atoms with Crippen molar-refractivity contribution in [1.29, 1.82) is 0 Å². The van der Waals surface area contributed by atoms with Gasteiger partial charge in [-0.25, -0.2) is 0 Å². The van der Waals surface area contributed by atoms with Crippen LogP contribution >= 0.6 is 0 Å². The van der Waals surface area contributed by atoms with E-state index in [0.717, 1.165) is 129 Å². The van der Waals surface area contributed by atoms with Crippen molar-refractivity contribution < 1.29 is 0 Å². The average Bonchev–Trinajstić information content (AvgIpc) is 1.25. The Morgan fingerprint density at radius 1 is 0.212 bits per heavy atom. The fraction of sp³-hybridized carbons (Fsp3) is 0.111. The Morgan fingerprint density at radius 2 is 0.549 bits per heavy atom. The Labute approximate surface area is 663 Å². The second kappa shape index (κ2) is 26.8. The highest BCUT2D eigenvalue weighted by Crippen LogP contribution is 2.56. The van der Waals surface area contributed by atoms with Gasteiger partial charge in [-0.05, 0) is 196 Å². The summed E-state index contributed by atoms with van der Waals surface area (Å²) in [7, 11) is 0. The maximum Gasteiger partial charge on any atom is 0.252 e. The van der Waals surface area contributed by atoms with Crippen LogP contribution in [0.3, 0.4) is 0 Å². The summed E-state index contributed by atoms with van der Waals surface area (Å²) in [6, 6.07) is 138. The molecule has 5 heteroatoms. The molecular weight excluding hydrogens is 1360 g/mol. The molecule has 2 aliphatic rings. The predicted molar refractivity (Wildman–Crippen MR) is 483 cm³/mol. The Balaban J connectivity index is 0.960. The molecule has 4 heterocycles. The summed E-state index contributed by atoms with van der Waals surface area (Å²) in [5.74, 6) is 0. The molecule has 0 bridgehead atoms. The van der Waals surface area contributed by atoms with Crippen LogP contribution in [0.5, 0.6) is 0 Å². The van der Waals surface area contributed by atoms with Gasteiger partial charge in [0, 0.05) is 77.9 Å². The minimum absolute atomic E-state index is 0.114. The molecule has 18 aromatic rings. The van der Waals surface area contributed by atoms with Crippen molar-refractivity contribution in [3.8, 4) is 89.3 Å². The van der Waals surface area contributed by atoms with E-state index in [2.05, 4.69) is 445 Å². The van der Waals surface area contributed by atoms with Crippen molar-refractivity contribution in [2.45, 2.75) is 78.6 Å². The Bertz CT molecular complexity index is 6610. The third kappa shape index (κ3) is 11.7. The first kappa shape index (κ1) is 69.0. The van der Waals surface area contributed by atoms with E-state index in [0.29, 0.717) is 0 Å². The van der Waals surface area contributed by atoms with Crippen LogP contribution in [-0.2, 0) is 16.2 Å². The lowest BCUT2D eigenvalue weighted by molar-refractivity contribution is 0.569. The molecule has 0 N–H and O–H groups in total. The number of hydrogen-bond acceptors (Lipinski definition) is 2. The van der Waals surface area contributed by atoms with Gasteiger partial charge >= 0.3 is 0 Å². The number of para-hydroxylation sites is 3. The predicted octanol–water partition coefficient (Wildman–Crippen LogP) is 27.5.